The minimum Gasteiger partial charge on any atom is -0.480 e. The molecule has 0 aromatic rings. The normalized spacial score (nSPS) is 15.6. The molecule has 14 heavy (non-hydrogen) atoms. The van der Waals surface area contributed by atoms with Crippen molar-refractivity contribution in [2.75, 3.05) is 6.26 Å². The first-order valence-electron chi connectivity index (χ1n) is 3.88. The number of hydrogen-bond acceptors (Lipinski definition) is 4. The third kappa shape index (κ3) is 3.73. The minimum atomic E-state index is -3.48. The van der Waals surface area contributed by atoms with E-state index in [1.165, 1.54) is 13.8 Å². The first kappa shape index (κ1) is 12.9. The second-order valence-electron chi connectivity index (χ2n) is 3.04. The van der Waals surface area contributed by atoms with Gasteiger partial charge in [-0.2, -0.15) is 0 Å². The maximum Gasteiger partial charge on any atom is 0.325 e. The average Bonchev–Trinajstić information content (AvgIpc) is 2.00. The van der Waals surface area contributed by atoms with Crippen LogP contribution in [0.2, 0.25) is 0 Å². The molecule has 82 valence electrons. The number of sulfone groups is 1. The van der Waals surface area contributed by atoms with Gasteiger partial charge in [-0.3, -0.25) is 9.59 Å². The van der Waals surface area contributed by atoms with Gasteiger partial charge in [0.2, 0.25) is 5.91 Å². The number of carbonyl (C=O) groups is 2. The number of carboxylic acid groups (broad SMARTS) is 1. The van der Waals surface area contributed by atoms with E-state index in [0.29, 0.717) is 0 Å². The van der Waals surface area contributed by atoms with Gasteiger partial charge in [-0.1, -0.05) is 0 Å². The molecule has 0 bridgehead atoms. The van der Waals surface area contributed by atoms with E-state index in [0.717, 1.165) is 6.26 Å². The van der Waals surface area contributed by atoms with Crippen LogP contribution >= 0.6 is 0 Å². The van der Waals surface area contributed by atoms with Gasteiger partial charge in [0.05, 0.1) is 0 Å². The van der Waals surface area contributed by atoms with Crippen molar-refractivity contribution in [3.63, 3.8) is 0 Å². The molecule has 0 radical (unpaired) electrons. The third-order valence-electron chi connectivity index (χ3n) is 1.74. The quantitative estimate of drug-likeness (QED) is 0.637. The monoisotopic (exact) mass is 223 g/mol. The van der Waals surface area contributed by atoms with Gasteiger partial charge in [0.1, 0.15) is 11.3 Å². The average molecular weight is 223 g/mol. The Morgan fingerprint density at radius 3 is 2.00 bits per heavy atom. The molecule has 0 heterocycles. The highest BCUT2D eigenvalue weighted by Crippen LogP contribution is 1.98. The molecule has 0 aromatic heterocycles. The van der Waals surface area contributed by atoms with E-state index in [4.69, 9.17) is 5.11 Å². The lowest BCUT2D eigenvalue weighted by atomic mass is 10.3. The molecule has 2 atom stereocenters. The van der Waals surface area contributed by atoms with Crippen LogP contribution in [-0.4, -0.2) is 42.9 Å². The summed E-state index contributed by atoms with van der Waals surface area (Å²) in [5.41, 5.74) is 0. The molecule has 0 saturated carbocycles. The van der Waals surface area contributed by atoms with E-state index in [1.807, 2.05) is 0 Å². The predicted molar refractivity (Wildman–Crippen MR) is 49.5 cm³/mol. The zero-order valence-corrected chi connectivity index (χ0v) is 8.96. The zero-order valence-electron chi connectivity index (χ0n) is 8.14. The lowest BCUT2D eigenvalue weighted by molar-refractivity contribution is -0.141. The number of rotatable bonds is 4. The van der Waals surface area contributed by atoms with Gasteiger partial charge in [0, 0.05) is 6.26 Å². The summed E-state index contributed by atoms with van der Waals surface area (Å²) >= 11 is 0. The topological polar surface area (TPSA) is 101 Å². The minimum absolute atomic E-state index is 0.803. The van der Waals surface area contributed by atoms with Crippen molar-refractivity contribution < 1.29 is 23.1 Å². The lowest BCUT2D eigenvalue weighted by Crippen LogP contribution is -2.45. The fourth-order valence-corrected chi connectivity index (χ4v) is 1.04. The van der Waals surface area contributed by atoms with E-state index in [1.54, 1.807) is 0 Å². The van der Waals surface area contributed by atoms with Crippen LogP contribution in [0.1, 0.15) is 13.8 Å². The number of aliphatic carboxylic acids is 1. The molecule has 0 fully saturated rings. The Morgan fingerprint density at radius 1 is 1.29 bits per heavy atom. The second kappa shape index (κ2) is 4.41. The van der Waals surface area contributed by atoms with Crippen LogP contribution in [0, 0.1) is 0 Å². The summed E-state index contributed by atoms with van der Waals surface area (Å²) in [5, 5.41) is 9.29. The van der Waals surface area contributed by atoms with E-state index in [-0.39, 0.29) is 0 Å². The first-order valence-corrected chi connectivity index (χ1v) is 5.83. The molecule has 2 N–H and O–H groups in total. The van der Waals surface area contributed by atoms with Gasteiger partial charge < -0.3 is 10.4 Å². The number of nitrogens with one attached hydrogen (secondary N) is 1. The summed E-state index contributed by atoms with van der Waals surface area (Å²) < 4.78 is 21.8. The third-order valence-corrected chi connectivity index (χ3v) is 3.24. The standard InChI is InChI=1S/C7H13NO5S/c1-4(7(10)11)8-6(9)5(2)14(3,12)13/h4-5H,1-3H3,(H,8,9)(H,10,11)/t4-,5?/m0/s1. The van der Waals surface area contributed by atoms with Crippen LogP contribution in [0.3, 0.4) is 0 Å². The smallest absolute Gasteiger partial charge is 0.325 e. The Labute approximate surface area is 82.2 Å². The van der Waals surface area contributed by atoms with Crippen molar-refractivity contribution in [2.24, 2.45) is 0 Å². The molecule has 1 amide bonds. The lowest BCUT2D eigenvalue weighted by Gasteiger charge is -2.12. The molecule has 0 aliphatic heterocycles. The summed E-state index contributed by atoms with van der Waals surface area (Å²) in [6.07, 6.45) is 0.919. The number of carbonyl (C=O) groups excluding carboxylic acids is 1. The molecule has 0 aromatic carbocycles. The van der Waals surface area contributed by atoms with Crippen LogP contribution < -0.4 is 5.32 Å². The SMILES string of the molecule is CC(C(=O)N[C@@H](C)C(=O)O)S(C)(=O)=O. The van der Waals surface area contributed by atoms with E-state index in [2.05, 4.69) is 5.32 Å². The maximum atomic E-state index is 11.2. The number of carboxylic acids is 1. The Bertz CT molecular complexity index is 334. The Kier molecular flexibility index (Phi) is 4.06. The van der Waals surface area contributed by atoms with Gasteiger partial charge in [-0.05, 0) is 13.8 Å². The molecule has 6 nitrogen and oxygen atoms in total. The van der Waals surface area contributed by atoms with E-state index >= 15 is 0 Å². The van der Waals surface area contributed by atoms with Gasteiger partial charge in [0.15, 0.2) is 9.84 Å². The Balaban J connectivity index is 4.45. The molecule has 0 aliphatic rings. The molecule has 0 rings (SSSR count). The highest BCUT2D eigenvalue weighted by Gasteiger charge is 2.25. The van der Waals surface area contributed by atoms with Crippen molar-refractivity contribution in [2.45, 2.75) is 25.1 Å². The summed E-state index contributed by atoms with van der Waals surface area (Å²) in [6.45, 7) is 2.47. The summed E-state index contributed by atoms with van der Waals surface area (Å²) in [5.74, 6) is -2.01. The molecule has 7 heteroatoms. The largest absolute Gasteiger partial charge is 0.480 e. The maximum absolute atomic E-state index is 11.2. The predicted octanol–water partition coefficient (Wildman–Crippen LogP) is -0.991. The van der Waals surface area contributed by atoms with Crippen LogP contribution in [0.5, 0.6) is 0 Å². The number of hydrogen-bond donors (Lipinski definition) is 2. The Morgan fingerprint density at radius 2 is 1.71 bits per heavy atom. The number of amides is 1. The van der Waals surface area contributed by atoms with Gasteiger partial charge in [0.25, 0.3) is 0 Å². The fraction of sp³-hybridized carbons (Fsp3) is 0.714. The molecule has 1 unspecified atom stereocenters. The van der Waals surface area contributed by atoms with E-state index in [9.17, 15) is 18.0 Å². The molecule has 0 spiro atoms. The fourth-order valence-electron chi connectivity index (χ4n) is 0.587. The van der Waals surface area contributed by atoms with Gasteiger partial charge in [-0.25, -0.2) is 8.42 Å². The van der Waals surface area contributed by atoms with Crippen LogP contribution in [0.25, 0.3) is 0 Å². The van der Waals surface area contributed by atoms with Crippen LogP contribution in [-0.2, 0) is 19.4 Å². The summed E-state index contributed by atoms with van der Waals surface area (Å²) in [4.78, 5) is 21.5. The molecule has 0 aliphatic carbocycles. The van der Waals surface area contributed by atoms with Crippen molar-refractivity contribution in [3.05, 3.63) is 0 Å². The van der Waals surface area contributed by atoms with Crippen molar-refractivity contribution in [3.8, 4) is 0 Å². The molecule has 0 saturated heterocycles. The van der Waals surface area contributed by atoms with Gasteiger partial charge in [-0.15, -0.1) is 0 Å². The highest BCUT2D eigenvalue weighted by atomic mass is 32.2. The first-order chi connectivity index (χ1) is 6.16. The Hall–Kier alpha value is -1.11. The van der Waals surface area contributed by atoms with E-state index < -0.39 is 33.0 Å². The van der Waals surface area contributed by atoms with Crippen molar-refractivity contribution >= 4 is 21.7 Å². The van der Waals surface area contributed by atoms with Crippen molar-refractivity contribution in [1.82, 2.24) is 5.32 Å². The van der Waals surface area contributed by atoms with Crippen LogP contribution in [0.4, 0.5) is 0 Å². The van der Waals surface area contributed by atoms with Crippen molar-refractivity contribution in [1.29, 1.82) is 0 Å². The van der Waals surface area contributed by atoms with Crippen LogP contribution in [0.15, 0.2) is 0 Å². The van der Waals surface area contributed by atoms with Gasteiger partial charge >= 0.3 is 5.97 Å². The summed E-state index contributed by atoms with van der Waals surface area (Å²) in [7, 11) is -3.48. The highest BCUT2D eigenvalue weighted by molar-refractivity contribution is 7.92. The summed E-state index contributed by atoms with van der Waals surface area (Å²) in [6, 6.07) is -1.09. The molecular weight excluding hydrogens is 210 g/mol. The molecular formula is C7H13NO5S. The zero-order chi connectivity index (χ0) is 11.5. The second-order valence-corrected chi connectivity index (χ2v) is 5.41.